The van der Waals surface area contributed by atoms with E-state index >= 15 is 0 Å². The number of anilines is 1. The van der Waals surface area contributed by atoms with Gasteiger partial charge in [0, 0.05) is 6.07 Å². The summed E-state index contributed by atoms with van der Waals surface area (Å²) in [5.41, 5.74) is -0.480. The Morgan fingerprint density at radius 3 is 2.48 bits per heavy atom. The number of carboxylic acid groups (broad SMARTS) is 1. The molecule has 0 atom stereocenters. The van der Waals surface area contributed by atoms with Crippen molar-refractivity contribution in [2.75, 3.05) is 19.5 Å². The van der Waals surface area contributed by atoms with E-state index in [2.05, 4.69) is 10.1 Å². The highest BCUT2D eigenvalue weighted by Gasteiger charge is 2.15. The number of carboxylic acids is 1. The number of nitro benzene ring substituents is 1. The van der Waals surface area contributed by atoms with E-state index in [1.165, 1.54) is 19.2 Å². The van der Waals surface area contributed by atoms with Gasteiger partial charge >= 0.3 is 5.97 Å². The first kappa shape index (κ1) is 16.0. The van der Waals surface area contributed by atoms with Crippen LogP contribution in [-0.2, 0) is 14.3 Å². The number of aliphatic carboxylic acids is 1. The zero-order valence-electron chi connectivity index (χ0n) is 11.1. The first-order valence-corrected chi connectivity index (χ1v) is 5.49. The molecule has 0 aliphatic heterocycles. The van der Waals surface area contributed by atoms with E-state index in [0.29, 0.717) is 6.08 Å². The second-order valence-electron chi connectivity index (χ2n) is 3.64. The summed E-state index contributed by atoms with van der Waals surface area (Å²) >= 11 is 0. The lowest BCUT2D eigenvalue weighted by Gasteiger charge is -2.12. The van der Waals surface area contributed by atoms with E-state index in [1.54, 1.807) is 0 Å². The predicted octanol–water partition coefficient (Wildman–Crippen LogP) is -0.178. The summed E-state index contributed by atoms with van der Waals surface area (Å²) in [6, 6.07) is 3.55. The Morgan fingerprint density at radius 2 is 2.00 bits per heavy atom. The number of nitrogens with one attached hydrogen (secondary N) is 1. The molecule has 1 N–H and O–H groups in total. The topological polar surface area (TPSA) is 131 Å². The zero-order valence-corrected chi connectivity index (χ0v) is 11.1. The van der Waals surface area contributed by atoms with E-state index in [4.69, 9.17) is 4.74 Å². The lowest BCUT2D eigenvalue weighted by atomic mass is 10.2. The smallest absolute Gasteiger partial charge is 0.354 e. The van der Waals surface area contributed by atoms with Crippen molar-refractivity contribution >= 4 is 23.3 Å². The van der Waals surface area contributed by atoms with Crippen molar-refractivity contribution in [3.8, 4) is 5.75 Å². The van der Waals surface area contributed by atoms with Gasteiger partial charge in [0.1, 0.15) is 11.4 Å². The Labute approximate surface area is 118 Å². The van der Waals surface area contributed by atoms with Crippen molar-refractivity contribution in [1.82, 2.24) is 0 Å². The van der Waals surface area contributed by atoms with Gasteiger partial charge in [0.25, 0.3) is 5.69 Å². The molecule has 0 unspecified atom stereocenters. The van der Waals surface area contributed by atoms with E-state index < -0.39 is 22.6 Å². The van der Waals surface area contributed by atoms with Gasteiger partial charge in [0.05, 0.1) is 36.9 Å². The molecule has 1 aromatic rings. The van der Waals surface area contributed by atoms with Crippen LogP contribution in [0.15, 0.2) is 30.0 Å². The Bertz CT molecular complexity index is 610. The highest BCUT2D eigenvalue weighted by atomic mass is 16.6. The molecule has 9 nitrogen and oxygen atoms in total. The molecule has 9 heteroatoms. The molecule has 0 aromatic heterocycles. The van der Waals surface area contributed by atoms with Gasteiger partial charge in [-0.05, 0) is 12.1 Å². The molecule has 1 aromatic carbocycles. The number of ether oxygens (including phenoxy) is 2. The van der Waals surface area contributed by atoms with Crippen molar-refractivity contribution in [2.24, 2.45) is 0 Å². The maximum atomic E-state index is 11.4. The fraction of sp³-hybridized carbons (Fsp3) is 0.167. The van der Waals surface area contributed by atoms with Crippen LogP contribution in [0.25, 0.3) is 0 Å². The molecule has 0 bridgehead atoms. The summed E-state index contributed by atoms with van der Waals surface area (Å²) in [7, 11) is 2.34. The van der Waals surface area contributed by atoms with Gasteiger partial charge in [-0.25, -0.2) is 4.79 Å². The average Bonchev–Trinajstić information content (AvgIpc) is 2.45. The zero-order chi connectivity index (χ0) is 16.0. The number of non-ortho nitro benzene ring substituents is 1. The number of nitrogens with zero attached hydrogens (tertiary/aromatic N) is 1. The number of hydrogen-bond acceptors (Lipinski definition) is 8. The summed E-state index contributed by atoms with van der Waals surface area (Å²) in [4.78, 5) is 32.0. The number of esters is 1. The van der Waals surface area contributed by atoms with E-state index in [0.717, 1.165) is 13.2 Å². The number of nitro groups is 1. The van der Waals surface area contributed by atoms with Crippen LogP contribution in [0.5, 0.6) is 5.75 Å². The summed E-state index contributed by atoms with van der Waals surface area (Å²) in [5, 5.41) is 23.7. The second-order valence-corrected chi connectivity index (χ2v) is 3.64. The van der Waals surface area contributed by atoms with Crippen molar-refractivity contribution in [3.05, 3.63) is 40.1 Å². The maximum Gasteiger partial charge on any atom is 0.354 e. The van der Waals surface area contributed by atoms with E-state index in [-0.39, 0.29) is 17.1 Å². The molecule has 0 amide bonds. The quantitative estimate of drug-likeness (QED) is 0.331. The number of carbonyl (C=O) groups is 2. The molecule has 0 spiro atoms. The van der Waals surface area contributed by atoms with Gasteiger partial charge in [0.2, 0.25) is 0 Å². The highest BCUT2D eigenvalue weighted by molar-refractivity contribution is 5.98. The highest BCUT2D eigenvalue weighted by Crippen LogP contribution is 2.30. The molecule has 1 rings (SSSR count). The molecular weight excluding hydrogens is 284 g/mol. The van der Waals surface area contributed by atoms with Crippen LogP contribution in [0, 0.1) is 10.1 Å². The molecule has 21 heavy (non-hydrogen) atoms. The number of carbonyl (C=O) groups excluding carboxylic acids is 2. The Kier molecular flexibility index (Phi) is 5.24. The maximum absolute atomic E-state index is 11.4. The SMILES string of the molecule is COC(=O)C(=CC(=O)[O-])Nc1ccc([N+](=O)[O-])cc1OC. The normalized spacial score (nSPS) is 10.7. The van der Waals surface area contributed by atoms with Crippen LogP contribution in [0.3, 0.4) is 0 Å². The Morgan fingerprint density at radius 1 is 1.33 bits per heavy atom. The summed E-state index contributed by atoms with van der Waals surface area (Å²) in [6.07, 6.45) is 0.507. The Balaban J connectivity index is 3.17. The molecule has 0 saturated heterocycles. The molecular formula is C12H11N2O7-. The number of rotatable bonds is 6. The van der Waals surface area contributed by atoms with Gasteiger partial charge in [-0.3, -0.25) is 10.1 Å². The fourth-order valence-electron chi connectivity index (χ4n) is 1.42. The molecule has 0 fully saturated rings. The summed E-state index contributed by atoms with van der Waals surface area (Å²) < 4.78 is 9.36. The van der Waals surface area contributed by atoms with Crippen LogP contribution in [0.2, 0.25) is 0 Å². The van der Waals surface area contributed by atoms with Gasteiger partial charge in [-0.2, -0.15) is 0 Å². The van der Waals surface area contributed by atoms with Crippen molar-refractivity contribution < 1.29 is 29.1 Å². The van der Waals surface area contributed by atoms with Crippen LogP contribution in [0.4, 0.5) is 11.4 Å². The van der Waals surface area contributed by atoms with Crippen LogP contribution < -0.4 is 15.2 Å². The minimum Gasteiger partial charge on any atom is -0.545 e. The van der Waals surface area contributed by atoms with Crippen molar-refractivity contribution in [1.29, 1.82) is 0 Å². The van der Waals surface area contributed by atoms with Gasteiger partial charge < -0.3 is 24.7 Å². The first-order valence-electron chi connectivity index (χ1n) is 5.49. The fourth-order valence-corrected chi connectivity index (χ4v) is 1.42. The minimum atomic E-state index is -1.61. The van der Waals surface area contributed by atoms with Crippen molar-refractivity contribution in [3.63, 3.8) is 0 Å². The minimum absolute atomic E-state index is 0.0531. The van der Waals surface area contributed by atoms with Crippen molar-refractivity contribution in [2.45, 2.75) is 0 Å². The van der Waals surface area contributed by atoms with Gasteiger partial charge in [-0.1, -0.05) is 0 Å². The van der Waals surface area contributed by atoms with Gasteiger partial charge in [-0.15, -0.1) is 0 Å². The molecule has 0 radical (unpaired) electrons. The van der Waals surface area contributed by atoms with Gasteiger partial charge in [0.15, 0.2) is 0 Å². The third-order valence-corrected chi connectivity index (χ3v) is 2.33. The summed E-state index contributed by atoms with van der Waals surface area (Å²) in [6.45, 7) is 0. The van der Waals surface area contributed by atoms with Crippen LogP contribution in [0.1, 0.15) is 0 Å². The molecule has 0 aliphatic rings. The van der Waals surface area contributed by atoms with Crippen LogP contribution >= 0.6 is 0 Å². The van der Waals surface area contributed by atoms with Crippen LogP contribution in [-0.4, -0.2) is 31.1 Å². The first-order chi connectivity index (χ1) is 9.88. The van der Waals surface area contributed by atoms with E-state index in [1.807, 2.05) is 0 Å². The number of hydrogen-bond donors (Lipinski definition) is 1. The number of benzene rings is 1. The summed E-state index contributed by atoms with van der Waals surface area (Å²) in [5.74, 6) is -2.50. The second kappa shape index (κ2) is 6.89. The lowest BCUT2D eigenvalue weighted by Crippen LogP contribution is -2.23. The van der Waals surface area contributed by atoms with E-state index in [9.17, 15) is 24.8 Å². The monoisotopic (exact) mass is 295 g/mol. The predicted molar refractivity (Wildman–Crippen MR) is 68.4 cm³/mol. The number of methoxy groups -OCH3 is 2. The molecule has 0 heterocycles. The Hall–Kier alpha value is -3.10. The molecule has 0 saturated carbocycles. The third kappa shape index (κ3) is 4.20. The average molecular weight is 295 g/mol. The molecule has 112 valence electrons. The molecule has 0 aliphatic carbocycles. The lowest BCUT2D eigenvalue weighted by molar-refractivity contribution is -0.384. The third-order valence-electron chi connectivity index (χ3n) is 2.33. The largest absolute Gasteiger partial charge is 0.545 e. The standard InChI is InChI=1S/C12H12N2O7/c1-20-10-5-7(14(18)19)3-4-8(10)13-9(6-11(15)16)12(17)21-2/h3-6,13H,1-2H3,(H,15,16)/p-1.